The highest BCUT2D eigenvalue weighted by Crippen LogP contribution is 2.10. The third-order valence-electron chi connectivity index (χ3n) is 2.56. The first-order valence-corrected chi connectivity index (χ1v) is 9.01. The summed E-state index contributed by atoms with van der Waals surface area (Å²) in [7, 11) is -6.07. The predicted octanol–water partition coefficient (Wildman–Crippen LogP) is -0.859. The summed E-state index contributed by atoms with van der Waals surface area (Å²) in [5.74, 6) is -1.39. The van der Waals surface area contributed by atoms with Crippen LogP contribution in [0.1, 0.15) is 5.56 Å². The molecule has 0 saturated heterocycles. The van der Waals surface area contributed by atoms with Gasteiger partial charge in [0.1, 0.15) is 0 Å². The molecule has 0 aliphatic heterocycles. The maximum atomic E-state index is 11.9. The minimum Gasteiger partial charge on any atom is -0.481 e. The molecule has 1 rings (SSSR count). The normalized spacial score (nSPS) is 12.2. The summed E-state index contributed by atoms with van der Waals surface area (Å²) in [6.45, 7) is -0.262. The highest BCUT2D eigenvalue weighted by atomic mass is 32.2. The van der Waals surface area contributed by atoms with Crippen LogP contribution in [0.5, 0.6) is 0 Å². The lowest BCUT2D eigenvalue weighted by Gasteiger charge is -2.07. The van der Waals surface area contributed by atoms with Crippen molar-refractivity contribution < 1.29 is 26.7 Å². The first-order valence-electron chi connectivity index (χ1n) is 5.88. The minimum absolute atomic E-state index is 0.0569. The molecule has 21 heavy (non-hydrogen) atoms. The van der Waals surface area contributed by atoms with E-state index in [1.165, 1.54) is 31.3 Å². The molecule has 0 saturated carbocycles. The molecule has 8 nitrogen and oxygen atoms in total. The van der Waals surface area contributed by atoms with Crippen molar-refractivity contribution in [2.45, 2.75) is 11.3 Å². The Morgan fingerprint density at radius 2 is 1.71 bits per heavy atom. The van der Waals surface area contributed by atoms with Gasteiger partial charge in [0.25, 0.3) is 0 Å². The van der Waals surface area contributed by atoms with Crippen LogP contribution in [0.3, 0.4) is 0 Å². The molecular weight excluding hydrogens is 320 g/mol. The fourth-order valence-corrected chi connectivity index (χ4v) is 3.19. The number of carboxylic acid groups (broad SMARTS) is 1. The Kier molecular flexibility index (Phi) is 5.84. The molecule has 0 heterocycles. The summed E-state index contributed by atoms with van der Waals surface area (Å²) in [4.78, 5) is 10.5. The van der Waals surface area contributed by atoms with Gasteiger partial charge in [-0.3, -0.25) is 4.79 Å². The molecule has 0 unspecified atom stereocenters. The number of carbonyl (C=O) groups is 1. The zero-order chi connectivity index (χ0) is 16.1. The van der Waals surface area contributed by atoms with Gasteiger partial charge in [0.05, 0.1) is 17.1 Å². The Balaban J connectivity index is 2.72. The van der Waals surface area contributed by atoms with Gasteiger partial charge in [-0.05, 0) is 24.7 Å². The maximum absolute atomic E-state index is 11.9. The maximum Gasteiger partial charge on any atom is 0.307 e. The monoisotopic (exact) mass is 336 g/mol. The SMILES string of the molecule is CNS(=O)(=O)CCNS(=O)(=O)c1ccc(CC(=O)O)cc1. The van der Waals surface area contributed by atoms with Crippen LogP contribution >= 0.6 is 0 Å². The number of benzene rings is 1. The molecule has 0 amide bonds. The average Bonchev–Trinajstić information content (AvgIpc) is 2.38. The number of aliphatic carboxylic acids is 1. The van der Waals surface area contributed by atoms with E-state index in [4.69, 9.17) is 5.11 Å². The molecule has 1 aromatic carbocycles. The predicted molar refractivity (Wildman–Crippen MR) is 75.8 cm³/mol. The molecule has 0 spiro atoms. The van der Waals surface area contributed by atoms with Crippen LogP contribution in [0.4, 0.5) is 0 Å². The number of hydrogen-bond donors (Lipinski definition) is 3. The average molecular weight is 336 g/mol. The fraction of sp³-hybridized carbons (Fsp3) is 0.364. The second-order valence-electron chi connectivity index (χ2n) is 4.14. The highest BCUT2D eigenvalue weighted by molar-refractivity contribution is 7.90. The van der Waals surface area contributed by atoms with Crippen molar-refractivity contribution in [3.8, 4) is 0 Å². The Morgan fingerprint density at radius 1 is 1.14 bits per heavy atom. The first kappa shape index (κ1) is 17.6. The summed E-state index contributed by atoms with van der Waals surface area (Å²) in [5, 5.41) is 8.62. The number of rotatable bonds is 8. The lowest BCUT2D eigenvalue weighted by molar-refractivity contribution is -0.136. The van der Waals surface area contributed by atoms with Crippen LogP contribution in [0.25, 0.3) is 0 Å². The Hall–Kier alpha value is -1.49. The van der Waals surface area contributed by atoms with E-state index in [1.807, 2.05) is 0 Å². The molecule has 0 fully saturated rings. The van der Waals surface area contributed by atoms with Crippen LogP contribution in [-0.2, 0) is 31.3 Å². The van der Waals surface area contributed by atoms with Crippen molar-refractivity contribution >= 4 is 26.0 Å². The lowest BCUT2D eigenvalue weighted by atomic mass is 10.2. The molecule has 1 aromatic rings. The van der Waals surface area contributed by atoms with Crippen LogP contribution in [-0.4, -0.2) is 47.3 Å². The Labute approximate surface area is 123 Å². The topological polar surface area (TPSA) is 130 Å². The first-order chi connectivity index (χ1) is 9.66. The van der Waals surface area contributed by atoms with Gasteiger partial charge in [0.15, 0.2) is 0 Å². The smallest absolute Gasteiger partial charge is 0.307 e. The van der Waals surface area contributed by atoms with Gasteiger partial charge in [0.2, 0.25) is 20.0 Å². The zero-order valence-electron chi connectivity index (χ0n) is 11.2. The van der Waals surface area contributed by atoms with Gasteiger partial charge in [-0.1, -0.05) is 12.1 Å². The number of carboxylic acids is 1. The summed E-state index contributed by atoms with van der Waals surface area (Å²) >= 11 is 0. The molecule has 0 aliphatic rings. The van der Waals surface area contributed by atoms with E-state index in [1.54, 1.807) is 0 Å². The molecule has 118 valence electrons. The molecule has 0 aliphatic carbocycles. The largest absolute Gasteiger partial charge is 0.481 e. The van der Waals surface area contributed by atoms with Gasteiger partial charge in [-0.15, -0.1) is 0 Å². The molecule has 10 heteroatoms. The highest BCUT2D eigenvalue weighted by Gasteiger charge is 2.15. The van der Waals surface area contributed by atoms with Crippen molar-refractivity contribution in [2.24, 2.45) is 0 Å². The van der Waals surface area contributed by atoms with Gasteiger partial charge >= 0.3 is 5.97 Å². The van der Waals surface area contributed by atoms with Crippen molar-refractivity contribution in [1.29, 1.82) is 0 Å². The third kappa shape index (κ3) is 5.79. The third-order valence-corrected chi connectivity index (χ3v) is 5.40. The minimum atomic E-state index is -3.83. The second-order valence-corrected chi connectivity index (χ2v) is 7.95. The van der Waals surface area contributed by atoms with E-state index in [-0.39, 0.29) is 23.6 Å². The Bertz CT molecular complexity index is 695. The molecule has 0 bridgehead atoms. The molecular formula is C11H16N2O6S2. The number of nitrogens with one attached hydrogen (secondary N) is 2. The van der Waals surface area contributed by atoms with E-state index in [0.717, 1.165) is 0 Å². The van der Waals surface area contributed by atoms with E-state index < -0.39 is 26.0 Å². The molecule has 0 aromatic heterocycles. The molecule has 0 atom stereocenters. The number of hydrogen-bond acceptors (Lipinski definition) is 5. The summed E-state index contributed by atoms with van der Waals surface area (Å²) in [6, 6.07) is 5.33. The Morgan fingerprint density at radius 3 is 2.19 bits per heavy atom. The van der Waals surface area contributed by atoms with Crippen LogP contribution in [0, 0.1) is 0 Å². The van der Waals surface area contributed by atoms with Gasteiger partial charge < -0.3 is 5.11 Å². The second kappa shape index (κ2) is 6.98. The van der Waals surface area contributed by atoms with Crippen molar-refractivity contribution in [2.75, 3.05) is 19.3 Å². The van der Waals surface area contributed by atoms with E-state index >= 15 is 0 Å². The van der Waals surface area contributed by atoms with Crippen LogP contribution in [0.2, 0.25) is 0 Å². The van der Waals surface area contributed by atoms with Crippen LogP contribution < -0.4 is 9.44 Å². The van der Waals surface area contributed by atoms with Crippen LogP contribution in [0.15, 0.2) is 29.2 Å². The number of sulfonamides is 2. The molecule has 0 radical (unpaired) electrons. The summed E-state index contributed by atoms with van der Waals surface area (Å²) in [5.41, 5.74) is 0.471. The quantitative estimate of drug-likeness (QED) is 0.566. The van der Waals surface area contributed by atoms with E-state index in [2.05, 4.69) is 9.44 Å². The lowest BCUT2D eigenvalue weighted by Crippen LogP contribution is -2.32. The van der Waals surface area contributed by atoms with Gasteiger partial charge in [-0.25, -0.2) is 26.3 Å². The zero-order valence-corrected chi connectivity index (χ0v) is 12.9. The van der Waals surface area contributed by atoms with Gasteiger partial charge in [0, 0.05) is 6.54 Å². The van der Waals surface area contributed by atoms with E-state index in [0.29, 0.717) is 5.56 Å². The molecule has 3 N–H and O–H groups in total. The van der Waals surface area contributed by atoms with Crippen molar-refractivity contribution in [3.05, 3.63) is 29.8 Å². The fourth-order valence-electron chi connectivity index (χ4n) is 1.46. The van der Waals surface area contributed by atoms with Gasteiger partial charge in [-0.2, -0.15) is 0 Å². The summed E-state index contributed by atoms with van der Waals surface area (Å²) < 4.78 is 50.4. The van der Waals surface area contributed by atoms with Crippen molar-refractivity contribution in [3.63, 3.8) is 0 Å². The van der Waals surface area contributed by atoms with Crippen molar-refractivity contribution in [1.82, 2.24) is 9.44 Å². The summed E-state index contributed by atoms with van der Waals surface area (Å²) in [6.07, 6.45) is -0.200. The van der Waals surface area contributed by atoms with E-state index in [9.17, 15) is 21.6 Å². The standard InChI is InChI=1S/C11H16N2O6S2/c1-12-20(16,17)7-6-13-21(18,19)10-4-2-9(3-5-10)8-11(14)15/h2-5,12-13H,6-8H2,1H3,(H,14,15).